The second-order valence-corrected chi connectivity index (χ2v) is 9.73. The molecule has 37 heavy (non-hydrogen) atoms. The van der Waals surface area contributed by atoms with Crippen molar-refractivity contribution in [3.63, 3.8) is 0 Å². The summed E-state index contributed by atoms with van der Waals surface area (Å²) in [5.41, 5.74) is -1.92. The van der Waals surface area contributed by atoms with E-state index in [1.54, 1.807) is 19.9 Å². The highest BCUT2D eigenvalue weighted by molar-refractivity contribution is 5.99. The van der Waals surface area contributed by atoms with Gasteiger partial charge in [0.25, 0.3) is 5.91 Å². The summed E-state index contributed by atoms with van der Waals surface area (Å²) in [6.07, 6.45) is -0.857. The van der Waals surface area contributed by atoms with Gasteiger partial charge < -0.3 is 19.9 Å². The number of carbonyl (C=O) groups is 2. The molecule has 1 aliphatic rings. The number of ether oxygens (including phenoxy) is 2. The molecule has 0 radical (unpaired) electrons. The van der Waals surface area contributed by atoms with E-state index in [1.165, 1.54) is 49.6 Å². The lowest BCUT2D eigenvalue weighted by molar-refractivity contribution is -0.136. The van der Waals surface area contributed by atoms with Gasteiger partial charge in [-0.25, -0.2) is 18.0 Å². The lowest BCUT2D eigenvalue weighted by atomic mass is 9.72. The van der Waals surface area contributed by atoms with Crippen LogP contribution in [0, 0.1) is 17.5 Å². The number of anilines is 1. The number of aliphatic hydroxyl groups is 1. The third-order valence-corrected chi connectivity index (χ3v) is 6.50. The molecule has 3 aromatic carbocycles. The summed E-state index contributed by atoms with van der Waals surface area (Å²) in [4.78, 5) is 25.3. The zero-order valence-electron chi connectivity index (χ0n) is 20.5. The Bertz CT molecular complexity index is 1370. The fourth-order valence-electron chi connectivity index (χ4n) is 4.72. The van der Waals surface area contributed by atoms with Crippen LogP contribution in [-0.4, -0.2) is 29.7 Å². The predicted molar refractivity (Wildman–Crippen MR) is 130 cm³/mol. The number of rotatable bonds is 8. The Labute approximate surface area is 212 Å². The van der Waals surface area contributed by atoms with Crippen LogP contribution in [0.15, 0.2) is 54.6 Å². The van der Waals surface area contributed by atoms with E-state index in [9.17, 15) is 27.9 Å². The van der Waals surface area contributed by atoms with Gasteiger partial charge in [0.15, 0.2) is 11.6 Å². The fraction of sp³-hybridized carbons (Fsp3) is 0.286. The van der Waals surface area contributed by atoms with Gasteiger partial charge in [-0.15, -0.1) is 0 Å². The van der Waals surface area contributed by atoms with Gasteiger partial charge in [-0.3, -0.25) is 4.79 Å². The van der Waals surface area contributed by atoms with E-state index in [4.69, 9.17) is 9.47 Å². The highest BCUT2D eigenvalue weighted by Gasteiger charge is 2.43. The van der Waals surface area contributed by atoms with Crippen molar-refractivity contribution in [2.75, 3.05) is 12.4 Å². The van der Waals surface area contributed by atoms with Gasteiger partial charge >= 0.3 is 5.97 Å². The molecule has 1 atom stereocenters. The molecule has 194 valence electrons. The van der Waals surface area contributed by atoms with Crippen LogP contribution in [-0.2, 0) is 28.0 Å². The molecule has 2 N–H and O–H groups in total. The number of hydrogen-bond acceptors (Lipinski definition) is 5. The highest BCUT2D eigenvalue weighted by atomic mass is 19.2. The van der Waals surface area contributed by atoms with E-state index >= 15 is 0 Å². The SMILES string of the molecule is COc1ccc(F)cc1C(C)(C)CC(O)(Cc1cccc(F)c1F)C(=O)Nc1ccc2c(c1)COC2=O. The van der Waals surface area contributed by atoms with Gasteiger partial charge in [-0.2, -0.15) is 0 Å². The van der Waals surface area contributed by atoms with Crippen molar-refractivity contribution >= 4 is 17.6 Å². The van der Waals surface area contributed by atoms with Gasteiger partial charge in [0.1, 0.15) is 23.8 Å². The van der Waals surface area contributed by atoms with Gasteiger partial charge in [0, 0.05) is 23.2 Å². The molecule has 1 unspecified atom stereocenters. The van der Waals surface area contributed by atoms with E-state index in [1.807, 2.05) is 0 Å². The van der Waals surface area contributed by atoms with Crippen molar-refractivity contribution in [2.45, 2.75) is 44.3 Å². The number of hydrogen-bond donors (Lipinski definition) is 2. The van der Waals surface area contributed by atoms with E-state index in [-0.39, 0.29) is 24.3 Å². The number of methoxy groups -OCH3 is 1. The summed E-state index contributed by atoms with van der Waals surface area (Å²) in [6, 6.07) is 11.9. The minimum absolute atomic E-state index is 0.0447. The van der Waals surface area contributed by atoms with Crippen LogP contribution in [0.1, 0.15) is 47.3 Å². The number of halogens is 3. The molecule has 0 saturated carbocycles. The average Bonchev–Trinajstić information content (AvgIpc) is 3.21. The highest BCUT2D eigenvalue weighted by Crippen LogP contribution is 2.40. The Balaban J connectivity index is 1.71. The molecular weight excluding hydrogens is 487 g/mol. The van der Waals surface area contributed by atoms with Crippen molar-refractivity contribution in [3.8, 4) is 5.75 Å². The Morgan fingerprint density at radius 3 is 2.59 bits per heavy atom. The number of benzene rings is 3. The zero-order valence-corrected chi connectivity index (χ0v) is 20.5. The second kappa shape index (κ2) is 9.89. The molecule has 0 aromatic heterocycles. The first-order valence-corrected chi connectivity index (χ1v) is 11.5. The van der Waals surface area contributed by atoms with Crippen molar-refractivity contribution in [2.24, 2.45) is 0 Å². The number of fused-ring (bicyclic) bond motifs is 1. The summed E-state index contributed by atoms with van der Waals surface area (Å²) in [6.45, 7) is 3.41. The van der Waals surface area contributed by atoms with Crippen LogP contribution < -0.4 is 10.1 Å². The monoisotopic (exact) mass is 513 g/mol. The molecule has 0 aliphatic carbocycles. The number of cyclic esters (lactones) is 1. The first-order valence-electron chi connectivity index (χ1n) is 11.5. The summed E-state index contributed by atoms with van der Waals surface area (Å²) in [5.74, 6) is -3.85. The zero-order chi connectivity index (χ0) is 27.0. The van der Waals surface area contributed by atoms with Crippen LogP contribution in [0.25, 0.3) is 0 Å². The van der Waals surface area contributed by atoms with E-state index < -0.39 is 46.8 Å². The molecule has 6 nitrogen and oxygen atoms in total. The maximum atomic E-state index is 14.6. The topological polar surface area (TPSA) is 84.9 Å². The third-order valence-electron chi connectivity index (χ3n) is 6.50. The van der Waals surface area contributed by atoms with Crippen LogP contribution >= 0.6 is 0 Å². The molecule has 0 spiro atoms. The molecule has 1 amide bonds. The first-order chi connectivity index (χ1) is 17.4. The van der Waals surface area contributed by atoms with Crippen molar-refractivity contribution in [1.29, 1.82) is 0 Å². The van der Waals surface area contributed by atoms with Crippen molar-refractivity contribution < 1.29 is 37.3 Å². The number of nitrogens with one attached hydrogen (secondary N) is 1. The Hall–Kier alpha value is -3.85. The first kappa shape index (κ1) is 26.2. The fourth-order valence-corrected chi connectivity index (χ4v) is 4.72. The normalized spacial score (nSPS) is 14.5. The minimum Gasteiger partial charge on any atom is -0.496 e. The molecule has 9 heteroatoms. The predicted octanol–water partition coefficient (Wildman–Crippen LogP) is 5.06. The van der Waals surface area contributed by atoms with E-state index in [2.05, 4.69) is 5.32 Å². The second-order valence-electron chi connectivity index (χ2n) is 9.73. The van der Waals surface area contributed by atoms with E-state index in [0.29, 0.717) is 22.4 Å². The lowest BCUT2D eigenvalue weighted by Gasteiger charge is -2.36. The summed E-state index contributed by atoms with van der Waals surface area (Å²) >= 11 is 0. The Kier molecular flexibility index (Phi) is 7.01. The summed E-state index contributed by atoms with van der Waals surface area (Å²) < 4.78 is 53.1. The summed E-state index contributed by atoms with van der Waals surface area (Å²) in [7, 11) is 1.41. The van der Waals surface area contributed by atoms with Crippen LogP contribution in [0.2, 0.25) is 0 Å². The maximum absolute atomic E-state index is 14.6. The van der Waals surface area contributed by atoms with Crippen molar-refractivity contribution in [3.05, 3.63) is 94.3 Å². The maximum Gasteiger partial charge on any atom is 0.338 e. The molecule has 0 bridgehead atoms. The molecular formula is C28H26F3NO5. The van der Waals surface area contributed by atoms with Crippen LogP contribution in [0.4, 0.5) is 18.9 Å². The van der Waals surface area contributed by atoms with Gasteiger partial charge in [-0.1, -0.05) is 26.0 Å². The number of carbonyl (C=O) groups excluding carboxylic acids is 2. The van der Waals surface area contributed by atoms with Crippen molar-refractivity contribution in [1.82, 2.24) is 0 Å². The number of esters is 1. The smallest absolute Gasteiger partial charge is 0.338 e. The molecule has 0 saturated heterocycles. The summed E-state index contributed by atoms with van der Waals surface area (Å²) in [5, 5.41) is 14.4. The largest absolute Gasteiger partial charge is 0.496 e. The van der Waals surface area contributed by atoms with E-state index in [0.717, 1.165) is 6.07 Å². The molecule has 0 fully saturated rings. The van der Waals surface area contributed by atoms with Gasteiger partial charge in [-0.05, 0) is 59.9 Å². The standard InChI is InChI=1S/C28H26F3NO5/c1-27(2,21-12-18(29)7-10-23(21)36-3)15-28(35,13-16-5-4-6-22(30)24(16)31)26(34)32-19-8-9-20-17(11-19)14-37-25(20)33/h4-12,35H,13-15H2,1-3H3,(H,32,34). The Morgan fingerprint density at radius 2 is 1.86 bits per heavy atom. The van der Waals surface area contributed by atoms with Gasteiger partial charge in [0.2, 0.25) is 0 Å². The van der Waals surface area contributed by atoms with Crippen LogP contribution in [0.5, 0.6) is 5.75 Å². The minimum atomic E-state index is -2.26. The molecule has 1 aliphatic heterocycles. The van der Waals surface area contributed by atoms with Crippen LogP contribution in [0.3, 0.4) is 0 Å². The molecule has 4 rings (SSSR count). The average molecular weight is 514 g/mol. The third kappa shape index (κ3) is 5.32. The Morgan fingerprint density at radius 1 is 1.11 bits per heavy atom. The number of amides is 1. The molecule has 3 aromatic rings. The molecule has 1 heterocycles. The van der Waals surface area contributed by atoms with Gasteiger partial charge in [0.05, 0.1) is 12.7 Å². The lowest BCUT2D eigenvalue weighted by Crippen LogP contribution is -2.49. The quantitative estimate of drug-likeness (QED) is 0.411.